The average Bonchev–Trinajstić information content (AvgIpc) is 3.27. The Hall–Kier alpha value is -3.42. The van der Waals surface area contributed by atoms with Crippen molar-refractivity contribution in [3.63, 3.8) is 0 Å². The molecule has 3 N–H and O–H groups in total. The number of benzene rings is 3. The van der Waals surface area contributed by atoms with Crippen LogP contribution in [-0.4, -0.2) is 39.8 Å². The Kier molecular flexibility index (Phi) is 6.47. The Bertz CT molecular complexity index is 1310. The van der Waals surface area contributed by atoms with E-state index in [1.165, 1.54) is 0 Å². The van der Waals surface area contributed by atoms with Gasteiger partial charge in [0.15, 0.2) is 0 Å². The van der Waals surface area contributed by atoms with Crippen LogP contribution in [0.25, 0.3) is 10.8 Å². The van der Waals surface area contributed by atoms with E-state index in [9.17, 15) is 4.79 Å². The molecule has 0 saturated carbocycles. The summed E-state index contributed by atoms with van der Waals surface area (Å²) in [5.41, 5.74) is 8.16. The van der Waals surface area contributed by atoms with Gasteiger partial charge in [0.1, 0.15) is 0 Å². The van der Waals surface area contributed by atoms with Gasteiger partial charge in [-0.25, -0.2) is 0 Å². The average molecular weight is 475 g/mol. The number of rotatable bonds is 6. The summed E-state index contributed by atoms with van der Waals surface area (Å²) in [5.74, 6) is 0.625. The first-order valence-corrected chi connectivity index (χ1v) is 11.9. The van der Waals surface area contributed by atoms with Gasteiger partial charge in [0, 0.05) is 30.7 Å². The molecule has 8 heteroatoms. The minimum Gasteiger partial charge on any atom is -0.345 e. The molecule has 3 aromatic carbocycles. The van der Waals surface area contributed by atoms with Gasteiger partial charge in [0.05, 0.1) is 6.54 Å². The van der Waals surface area contributed by atoms with Crippen molar-refractivity contribution in [1.82, 2.24) is 20.1 Å². The van der Waals surface area contributed by atoms with Crippen molar-refractivity contribution in [2.45, 2.75) is 32.0 Å². The van der Waals surface area contributed by atoms with Gasteiger partial charge in [-0.3, -0.25) is 9.36 Å². The summed E-state index contributed by atoms with van der Waals surface area (Å²) in [5, 5.41) is 14.6. The maximum Gasteiger partial charge on any atom is 0.289 e. The minimum absolute atomic E-state index is 0.0721. The smallest absolute Gasteiger partial charge is 0.289 e. The number of amides is 1. The summed E-state index contributed by atoms with van der Waals surface area (Å²) in [4.78, 5) is 15.4. The van der Waals surface area contributed by atoms with Crippen molar-refractivity contribution >= 4 is 34.2 Å². The van der Waals surface area contributed by atoms with Crippen molar-refractivity contribution in [1.29, 1.82) is 0 Å². The molecule has 1 amide bonds. The summed E-state index contributed by atoms with van der Waals surface area (Å²) in [6, 6.07) is 21.9. The molecule has 5 rings (SSSR count). The number of carbonyl (C=O) groups excluding carboxylic acids is 1. The highest BCUT2D eigenvalue weighted by Gasteiger charge is 2.26. The van der Waals surface area contributed by atoms with Crippen LogP contribution in [0.5, 0.6) is 0 Å². The van der Waals surface area contributed by atoms with E-state index >= 15 is 0 Å². The third-order valence-corrected chi connectivity index (χ3v) is 6.65. The van der Waals surface area contributed by atoms with E-state index in [1.54, 1.807) is 0 Å². The number of nitrogens with two attached hydrogens (primary N) is 1. The second-order valence-electron chi connectivity index (χ2n) is 8.67. The lowest BCUT2D eigenvalue weighted by Crippen LogP contribution is -2.44. The van der Waals surface area contributed by atoms with Gasteiger partial charge in [-0.05, 0) is 40.8 Å². The van der Waals surface area contributed by atoms with Gasteiger partial charge < -0.3 is 16.0 Å². The molecule has 0 radical (unpaired) electrons. The van der Waals surface area contributed by atoms with Crippen LogP contribution in [0, 0.1) is 0 Å². The molecule has 34 heavy (non-hydrogen) atoms. The fraction of sp³-hybridized carbons (Fsp3) is 0.269. The molecule has 7 nitrogen and oxygen atoms in total. The molecule has 1 aliphatic rings. The second kappa shape index (κ2) is 9.83. The van der Waals surface area contributed by atoms with Crippen LogP contribution in [0.15, 0.2) is 66.7 Å². The molecule has 1 aliphatic heterocycles. The molecular weight excluding hydrogens is 448 g/mol. The first kappa shape index (κ1) is 22.4. The molecule has 4 aromatic rings. The number of halogens is 1. The predicted molar refractivity (Wildman–Crippen MR) is 135 cm³/mol. The summed E-state index contributed by atoms with van der Waals surface area (Å²) < 4.78 is 1.84. The van der Waals surface area contributed by atoms with E-state index in [0.29, 0.717) is 30.6 Å². The number of hydrogen-bond donors (Lipinski definition) is 2. The number of piperidine rings is 1. The summed E-state index contributed by atoms with van der Waals surface area (Å²) in [7, 11) is 0. The van der Waals surface area contributed by atoms with Gasteiger partial charge in [-0.15, -0.1) is 10.2 Å². The van der Waals surface area contributed by atoms with Crippen molar-refractivity contribution in [3.05, 3.63) is 88.7 Å². The van der Waals surface area contributed by atoms with Crippen LogP contribution < -0.4 is 16.0 Å². The van der Waals surface area contributed by atoms with Crippen LogP contribution >= 0.6 is 11.6 Å². The zero-order chi connectivity index (χ0) is 23.5. The summed E-state index contributed by atoms with van der Waals surface area (Å²) >= 11 is 6.44. The fourth-order valence-corrected chi connectivity index (χ4v) is 4.73. The number of nitrogens with zero attached hydrogens (tertiary/aromatic N) is 4. The quantitative estimate of drug-likeness (QED) is 0.441. The zero-order valence-corrected chi connectivity index (χ0v) is 19.6. The highest BCUT2D eigenvalue weighted by Crippen LogP contribution is 2.24. The van der Waals surface area contributed by atoms with Crippen LogP contribution in [0.4, 0.5) is 5.95 Å². The van der Waals surface area contributed by atoms with Gasteiger partial charge in [0.25, 0.3) is 5.91 Å². The third kappa shape index (κ3) is 4.62. The molecule has 1 unspecified atom stereocenters. The maximum atomic E-state index is 13.3. The third-order valence-electron chi connectivity index (χ3n) is 6.28. The van der Waals surface area contributed by atoms with Crippen LogP contribution in [0.3, 0.4) is 0 Å². The van der Waals surface area contributed by atoms with E-state index in [4.69, 9.17) is 17.3 Å². The lowest BCUT2D eigenvalue weighted by atomic mass is 10.0. The van der Waals surface area contributed by atoms with Gasteiger partial charge in [0.2, 0.25) is 11.8 Å². The van der Waals surface area contributed by atoms with Gasteiger partial charge in [-0.2, -0.15) is 0 Å². The van der Waals surface area contributed by atoms with E-state index in [0.717, 1.165) is 41.3 Å². The Morgan fingerprint density at radius 1 is 1.03 bits per heavy atom. The normalized spacial score (nSPS) is 16.1. The molecule has 0 aliphatic carbocycles. The Morgan fingerprint density at radius 2 is 1.79 bits per heavy atom. The Morgan fingerprint density at radius 3 is 2.65 bits per heavy atom. The lowest BCUT2D eigenvalue weighted by molar-refractivity contribution is 0.0936. The molecule has 1 saturated heterocycles. The zero-order valence-electron chi connectivity index (χ0n) is 18.8. The molecule has 1 fully saturated rings. The number of fused-ring (bicyclic) bond motifs is 1. The maximum absolute atomic E-state index is 13.3. The van der Waals surface area contributed by atoms with Crippen LogP contribution in [-0.2, 0) is 13.1 Å². The van der Waals surface area contributed by atoms with E-state index in [2.05, 4.69) is 38.6 Å². The highest BCUT2D eigenvalue weighted by atomic mass is 35.5. The SMILES string of the molecule is NC1CCCN(c2nnc(C(=O)NCc3cccc4ccccc34)n2Cc2ccccc2Cl)C1. The van der Waals surface area contributed by atoms with Crippen molar-refractivity contribution < 1.29 is 4.79 Å². The summed E-state index contributed by atoms with van der Waals surface area (Å²) in [6.07, 6.45) is 1.95. The Labute approximate surface area is 203 Å². The predicted octanol–water partition coefficient (Wildman–Crippen LogP) is 3.99. The first-order chi connectivity index (χ1) is 16.6. The van der Waals surface area contributed by atoms with Gasteiger partial charge >= 0.3 is 0 Å². The number of carbonyl (C=O) groups is 1. The second-order valence-corrected chi connectivity index (χ2v) is 9.08. The van der Waals surface area contributed by atoms with E-state index in [-0.39, 0.29) is 17.8 Å². The van der Waals surface area contributed by atoms with Crippen LogP contribution in [0.1, 0.15) is 34.6 Å². The lowest BCUT2D eigenvalue weighted by Gasteiger charge is -2.31. The molecular formula is C26H27ClN6O. The first-order valence-electron chi connectivity index (χ1n) is 11.5. The van der Waals surface area contributed by atoms with Crippen molar-refractivity contribution in [3.8, 4) is 0 Å². The van der Waals surface area contributed by atoms with E-state index in [1.807, 2.05) is 53.1 Å². The number of aromatic nitrogens is 3. The number of anilines is 1. The number of nitrogens with one attached hydrogen (secondary N) is 1. The monoisotopic (exact) mass is 474 g/mol. The molecule has 2 heterocycles. The topological polar surface area (TPSA) is 89.1 Å². The molecule has 0 bridgehead atoms. The van der Waals surface area contributed by atoms with Crippen molar-refractivity contribution in [2.75, 3.05) is 18.0 Å². The van der Waals surface area contributed by atoms with Gasteiger partial charge in [-0.1, -0.05) is 72.3 Å². The standard InChI is InChI=1S/C26H27ClN6O/c27-23-13-4-2-8-20(23)16-33-24(30-31-26(33)32-14-6-11-21(28)17-32)25(34)29-15-19-10-5-9-18-7-1-3-12-22(18)19/h1-5,7-10,12-13,21H,6,11,14-17,28H2,(H,29,34). The molecule has 1 atom stereocenters. The molecule has 1 aromatic heterocycles. The fourth-order valence-electron chi connectivity index (χ4n) is 4.53. The van der Waals surface area contributed by atoms with E-state index < -0.39 is 0 Å². The van der Waals surface area contributed by atoms with Crippen molar-refractivity contribution in [2.24, 2.45) is 5.73 Å². The number of hydrogen-bond acceptors (Lipinski definition) is 5. The largest absolute Gasteiger partial charge is 0.345 e. The summed E-state index contributed by atoms with van der Waals surface area (Å²) in [6.45, 7) is 2.29. The minimum atomic E-state index is -0.278. The molecule has 0 spiro atoms. The highest BCUT2D eigenvalue weighted by molar-refractivity contribution is 6.31. The van der Waals surface area contributed by atoms with Crippen LogP contribution in [0.2, 0.25) is 5.02 Å². The molecule has 174 valence electrons. The Balaban J connectivity index is 1.44.